The molecule has 0 aliphatic heterocycles. The molecule has 0 saturated carbocycles. The van der Waals surface area contributed by atoms with Crippen molar-refractivity contribution >= 4 is 50.7 Å². The van der Waals surface area contributed by atoms with Gasteiger partial charge in [-0.2, -0.15) is 5.10 Å². The van der Waals surface area contributed by atoms with Crippen LogP contribution in [0.3, 0.4) is 0 Å². The average molecular weight is 389 g/mol. The lowest BCUT2D eigenvalue weighted by molar-refractivity contribution is -0.141. The van der Waals surface area contributed by atoms with E-state index in [-0.39, 0.29) is 12.4 Å². The van der Waals surface area contributed by atoms with Crippen molar-refractivity contribution in [3.8, 4) is 11.1 Å². The van der Waals surface area contributed by atoms with Gasteiger partial charge in [0.05, 0.1) is 18.4 Å². The number of nitrogens with zero attached hydrogens (tertiary/aromatic N) is 3. The van der Waals surface area contributed by atoms with Crippen molar-refractivity contribution in [2.45, 2.75) is 20.3 Å². The Balaban J connectivity index is 1.90. The monoisotopic (exact) mass is 388 g/mol. The van der Waals surface area contributed by atoms with Crippen LogP contribution in [0.25, 0.3) is 21.3 Å². The highest BCUT2D eigenvalue weighted by molar-refractivity contribution is 7.17. The Morgan fingerprint density at radius 3 is 2.81 bits per heavy atom. The van der Waals surface area contributed by atoms with Crippen LogP contribution < -0.4 is 5.43 Å². The second-order valence-electron chi connectivity index (χ2n) is 5.50. The summed E-state index contributed by atoms with van der Waals surface area (Å²) in [7, 11) is 0. The first-order chi connectivity index (χ1) is 12.6. The minimum atomic E-state index is -0.305. The number of carbonyl (C=O) groups excluding carboxylic acids is 1. The molecule has 134 valence electrons. The van der Waals surface area contributed by atoms with E-state index in [1.807, 2.05) is 29.6 Å². The molecule has 8 heteroatoms. The molecule has 26 heavy (non-hydrogen) atoms. The van der Waals surface area contributed by atoms with E-state index in [9.17, 15) is 4.79 Å². The molecule has 2 heterocycles. The largest absolute Gasteiger partial charge is 0.466 e. The second-order valence-corrected chi connectivity index (χ2v) is 6.79. The normalized spacial score (nSPS) is 11.6. The zero-order valence-electron chi connectivity index (χ0n) is 14.3. The fourth-order valence-corrected chi connectivity index (χ4v) is 3.45. The van der Waals surface area contributed by atoms with Gasteiger partial charge in [-0.3, -0.25) is 10.2 Å². The number of hydrogen-bond acceptors (Lipinski definition) is 7. The highest BCUT2D eigenvalue weighted by Gasteiger charge is 2.13. The van der Waals surface area contributed by atoms with Crippen LogP contribution >= 0.6 is 22.9 Å². The number of nitrogens with one attached hydrogen (secondary N) is 1. The highest BCUT2D eigenvalue weighted by atomic mass is 35.5. The Morgan fingerprint density at radius 2 is 2.08 bits per heavy atom. The molecule has 3 aromatic rings. The summed E-state index contributed by atoms with van der Waals surface area (Å²) in [6.07, 6.45) is 1.62. The van der Waals surface area contributed by atoms with Crippen LogP contribution in [0.15, 0.2) is 41.1 Å². The predicted molar refractivity (Wildman–Crippen MR) is 106 cm³/mol. The van der Waals surface area contributed by atoms with Gasteiger partial charge in [0, 0.05) is 21.7 Å². The van der Waals surface area contributed by atoms with Gasteiger partial charge in [-0.05, 0) is 31.5 Å². The third kappa shape index (κ3) is 4.17. The van der Waals surface area contributed by atoms with E-state index in [2.05, 4.69) is 20.5 Å². The Hall–Kier alpha value is -2.51. The molecule has 0 radical (unpaired) electrons. The number of hydrogen-bond donors (Lipinski definition) is 1. The molecule has 2 aromatic heterocycles. The summed E-state index contributed by atoms with van der Waals surface area (Å²) < 4.78 is 4.93. The van der Waals surface area contributed by atoms with Gasteiger partial charge in [-0.15, -0.1) is 11.3 Å². The molecule has 1 aromatic carbocycles. The molecular weight excluding hydrogens is 372 g/mol. The van der Waals surface area contributed by atoms with E-state index in [4.69, 9.17) is 16.3 Å². The van der Waals surface area contributed by atoms with Crippen molar-refractivity contribution < 1.29 is 9.53 Å². The minimum absolute atomic E-state index is 0.128. The van der Waals surface area contributed by atoms with Crippen LogP contribution in [0.5, 0.6) is 0 Å². The molecule has 3 rings (SSSR count). The highest BCUT2D eigenvalue weighted by Crippen LogP contribution is 2.36. The summed E-state index contributed by atoms with van der Waals surface area (Å²) >= 11 is 7.51. The van der Waals surface area contributed by atoms with Gasteiger partial charge in [0.2, 0.25) is 0 Å². The Kier molecular flexibility index (Phi) is 5.80. The molecule has 0 spiro atoms. The van der Waals surface area contributed by atoms with Gasteiger partial charge < -0.3 is 4.74 Å². The topological polar surface area (TPSA) is 76.5 Å². The number of esters is 1. The molecule has 0 aliphatic rings. The number of anilines is 1. The van der Waals surface area contributed by atoms with E-state index in [0.717, 1.165) is 21.3 Å². The zero-order valence-corrected chi connectivity index (χ0v) is 15.9. The number of ether oxygens (including phenoxy) is 1. The van der Waals surface area contributed by atoms with Crippen LogP contribution in [0.1, 0.15) is 20.3 Å². The average Bonchev–Trinajstić information content (AvgIpc) is 3.05. The van der Waals surface area contributed by atoms with Crippen molar-refractivity contribution in [3.63, 3.8) is 0 Å². The van der Waals surface area contributed by atoms with Crippen molar-refractivity contribution in [1.82, 2.24) is 9.97 Å². The summed E-state index contributed by atoms with van der Waals surface area (Å²) in [6.45, 7) is 3.89. The van der Waals surface area contributed by atoms with Crippen molar-refractivity contribution in [2.75, 3.05) is 12.0 Å². The summed E-state index contributed by atoms with van der Waals surface area (Å²) in [5.41, 5.74) is 5.58. The Bertz CT molecular complexity index is 953. The second kappa shape index (κ2) is 8.25. The van der Waals surface area contributed by atoms with E-state index in [1.165, 1.54) is 17.7 Å². The maximum Gasteiger partial charge on any atom is 0.311 e. The lowest BCUT2D eigenvalue weighted by Crippen LogP contribution is -2.10. The lowest BCUT2D eigenvalue weighted by atomic mass is 10.1. The molecule has 0 amide bonds. The summed E-state index contributed by atoms with van der Waals surface area (Å²) in [6, 6.07) is 7.60. The maximum atomic E-state index is 11.5. The van der Waals surface area contributed by atoms with E-state index < -0.39 is 0 Å². The predicted octanol–water partition coefficient (Wildman–Crippen LogP) is 4.75. The molecule has 0 aliphatic carbocycles. The number of thiophene rings is 1. The van der Waals surface area contributed by atoms with E-state index >= 15 is 0 Å². The smallest absolute Gasteiger partial charge is 0.311 e. The number of aromatic nitrogens is 2. The minimum Gasteiger partial charge on any atom is -0.466 e. The molecule has 0 fully saturated rings. The lowest BCUT2D eigenvalue weighted by Gasteiger charge is -2.06. The van der Waals surface area contributed by atoms with Crippen molar-refractivity contribution in [1.29, 1.82) is 0 Å². The summed E-state index contributed by atoms with van der Waals surface area (Å²) in [5.74, 6) is 0.283. The van der Waals surface area contributed by atoms with Crippen LogP contribution in [0.2, 0.25) is 5.02 Å². The van der Waals surface area contributed by atoms with Crippen molar-refractivity contribution in [3.05, 3.63) is 41.0 Å². The summed E-state index contributed by atoms with van der Waals surface area (Å²) in [5, 5.41) is 7.85. The Labute approximate surface area is 159 Å². The van der Waals surface area contributed by atoms with Gasteiger partial charge in [0.1, 0.15) is 11.2 Å². The number of rotatable bonds is 6. The van der Waals surface area contributed by atoms with Gasteiger partial charge in [0.25, 0.3) is 0 Å². The molecule has 0 atom stereocenters. The molecular formula is C18H17ClN4O2S. The zero-order chi connectivity index (χ0) is 18.5. The fourth-order valence-electron chi connectivity index (χ4n) is 2.41. The standard InChI is InChI=1S/C18H17ClN4O2S/c1-3-25-15(24)8-11(2)22-23-17-16-14(9-26-18(16)21-10-20-17)12-4-6-13(19)7-5-12/h4-7,9-10H,3,8H2,1-2H3,(H,20,21,23)/b22-11-. The number of benzene rings is 1. The van der Waals surface area contributed by atoms with Crippen LogP contribution in [0.4, 0.5) is 5.82 Å². The molecule has 1 N–H and O–H groups in total. The van der Waals surface area contributed by atoms with Crippen LogP contribution in [-0.4, -0.2) is 28.3 Å². The van der Waals surface area contributed by atoms with E-state index in [0.29, 0.717) is 23.2 Å². The first kappa shape index (κ1) is 18.3. The fraction of sp³-hybridized carbons (Fsp3) is 0.222. The Morgan fingerprint density at radius 1 is 1.31 bits per heavy atom. The molecule has 0 unspecified atom stereocenters. The van der Waals surface area contributed by atoms with E-state index in [1.54, 1.807) is 13.8 Å². The number of fused-ring (bicyclic) bond motifs is 1. The van der Waals surface area contributed by atoms with Crippen LogP contribution in [-0.2, 0) is 9.53 Å². The van der Waals surface area contributed by atoms with Gasteiger partial charge in [0.15, 0.2) is 5.82 Å². The van der Waals surface area contributed by atoms with Gasteiger partial charge >= 0.3 is 5.97 Å². The SMILES string of the molecule is CCOC(=O)C/C(C)=N\Nc1ncnc2scc(-c3ccc(Cl)cc3)c12. The molecule has 6 nitrogen and oxygen atoms in total. The first-order valence-corrected chi connectivity index (χ1v) is 9.27. The third-order valence-electron chi connectivity index (χ3n) is 3.58. The molecule has 0 bridgehead atoms. The number of hydrazone groups is 1. The van der Waals surface area contributed by atoms with Crippen LogP contribution in [0, 0.1) is 0 Å². The van der Waals surface area contributed by atoms with Gasteiger partial charge in [-0.25, -0.2) is 9.97 Å². The number of halogens is 1. The maximum absolute atomic E-state index is 11.5. The first-order valence-electron chi connectivity index (χ1n) is 8.01. The number of carbonyl (C=O) groups is 1. The van der Waals surface area contributed by atoms with Crippen molar-refractivity contribution in [2.24, 2.45) is 5.10 Å². The quantitative estimate of drug-likeness (QED) is 0.374. The molecule has 0 saturated heterocycles. The van der Waals surface area contributed by atoms with Gasteiger partial charge in [-0.1, -0.05) is 23.7 Å². The summed E-state index contributed by atoms with van der Waals surface area (Å²) in [4.78, 5) is 21.0. The third-order valence-corrected chi connectivity index (χ3v) is 4.72.